The van der Waals surface area contributed by atoms with Crippen LogP contribution < -0.4 is 21.7 Å². The van der Waals surface area contributed by atoms with Crippen LogP contribution in [0.4, 0.5) is 5.82 Å². The highest BCUT2D eigenvalue weighted by Crippen LogP contribution is 2.19. The van der Waals surface area contributed by atoms with Gasteiger partial charge in [0.1, 0.15) is 17.1 Å². The number of esters is 1. The number of benzene rings is 1. The second-order valence-corrected chi connectivity index (χ2v) is 6.39. The first-order valence-electron chi connectivity index (χ1n) is 9.50. The van der Waals surface area contributed by atoms with Gasteiger partial charge in [-0.1, -0.05) is 25.1 Å². The second kappa shape index (κ2) is 10.2. The average molecular weight is 415 g/mol. The third-order valence-electron chi connectivity index (χ3n) is 4.27. The normalized spacial score (nSPS) is 10.9. The number of para-hydroxylation sites is 1. The van der Waals surface area contributed by atoms with Gasteiger partial charge < -0.3 is 15.2 Å². The molecule has 0 aliphatic rings. The molecule has 0 fully saturated rings. The number of ketones is 1. The Labute approximate surface area is 173 Å². The van der Waals surface area contributed by atoms with Crippen molar-refractivity contribution in [2.45, 2.75) is 26.8 Å². The van der Waals surface area contributed by atoms with E-state index >= 15 is 0 Å². The van der Waals surface area contributed by atoms with Gasteiger partial charge in [-0.25, -0.2) is 9.59 Å². The van der Waals surface area contributed by atoms with Gasteiger partial charge in [-0.15, -0.1) is 0 Å². The zero-order chi connectivity index (χ0) is 22.3. The van der Waals surface area contributed by atoms with Crippen molar-refractivity contribution in [2.24, 2.45) is 7.05 Å². The molecule has 0 bridgehead atoms. The molecule has 1 heterocycles. The van der Waals surface area contributed by atoms with E-state index in [4.69, 9.17) is 15.2 Å². The molecule has 0 spiro atoms. The Hall–Kier alpha value is -3.62. The third kappa shape index (κ3) is 5.05. The van der Waals surface area contributed by atoms with Gasteiger partial charge in [-0.3, -0.25) is 18.7 Å². The predicted octanol–water partition coefficient (Wildman–Crippen LogP) is 1.38. The van der Waals surface area contributed by atoms with E-state index in [9.17, 15) is 19.2 Å². The number of hydrogen-bond donors (Lipinski definition) is 1. The van der Waals surface area contributed by atoms with Gasteiger partial charge in [0.05, 0.1) is 6.61 Å². The molecular weight excluding hydrogens is 390 g/mol. The van der Waals surface area contributed by atoms with E-state index in [1.165, 1.54) is 13.1 Å². The number of rotatable bonds is 9. The minimum Gasteiger partial charge on any atom is -0.493 e. The highest BCUT2D eigenvalue weighted by atomic mass is 16.5. The predicted molar refractivity (Wildman–Crippen MR) is 113 cm³/mol. The van der Waals surface area contributed by atoms with Gasteiger partial charge in [0.2, 0.25) is 5.78 Å². The largest absolute Gasteiger partial charge is 0.493 e. The van der Waals surface area contributed by atoms with Crippen LogP contribution >= 0.6 is 0 Å². The zero-order valence-electron chi connectivity index (χ0n) is 17.2. The SMILES string of the molecule is CCCn1c(N)c(C(=O)COC(=O)/C=C/c2ccccc2OCC)c(=O)n(C)c1=O. The lowest BCUT2D eigenvalue weighted by atomic mass is 10.2. The first kappa shape index (κ1) is 22.7. The van der Waals surface area contributed by atoms with Crippen LogP contribution in [0.5, 0.6) is 5.75 Å². The van der Waals surface area contributed by atoms with Crippen molar-refractivity contribution in [1.29, 1.82) is 0 Å². The van der Waals surface area contributed by atoms with Gasteiger partial charge in [-0.2, -0.15) is 0 Å². The molecule has 160 valence electrons. The Bertz CT molecular complexity index is 1080. The molecule has 0 atom stereocenters. The molecule has 9 nitrogen and oxygen atoms in total. The van der Waals surface area contributed by atoms with E-state index < -0.39 is 29.6 Å². The number of anilines is 1. The molecule has 0 saturated carbocycles. The number of carbonyl (C=O) groups is 2. The smallest absolute Gasteiger partial charge is 0.332 e. The van der Waals surface area contributed by atoms with Crippen LogP contribution in [0.15, 0.2) is 39.9 Å². The Morgan fingerprint density at radius 3 is 2.53 bits per heavy atom. The molecule has 2 N–H and O–H groups in total. The third-order valence-corrected chi connectivity index (χ3v) is 4.27. The summed E-state index contributed by atoms with van der Waals surface area (Å²) >= 11 is 0. The monoisotopic (exact) mass is 415 g/mol. The lowest BCUT2D eigenvalue weighted by Crippen LogP contribution is -2.43. The fourth-order valence-electron chi connectivity index (χ4n) is 2.80. The molecule has 30 heavy (non-hydrogen) atoms. The van der Waals surface area contributed by atoms with Crippen LogP contribution in [-0.2, 0) is 23.1 Å². The number of nitrogens with two attached hydrogens (primary N) is 1. The summed E-state index contributed by atoms with van der Waals surface area (Å²) in [5.74, 6) is -1.18. The summed E-state index contributed by atoms with van der Waals surface area (Å²) in [6.45, 7) is 3.72. The number of nitrogens with zero attached hydrogens (tertiary/aromatic N) is 2. The molecule has 0 unspecified atom stereocenters. The summed E-state index contributed by atoms with van der Waals surface area (Å²) in [7, 11) is 1.26. The van der Waals surface area contributed by atoms with Gasteiger partial charge in [0, 0.05) is 25.2 Å². The number of nitrogen functional groups attached to an aromatic ring is 1. The van der Waals surface area contributed by atoms with Gasteiger partial charge >= 0.3 is 11.7 Å². The average Bonchev–Trinajstić information content (AvgIpc) is 2.73. The topological polar surface area (TPSA) is 123 Å². The number of Topliss-reactive ketones (excluding diaryl/α,β-unsaturated/α-hetero) is 1. The first-order valence-corrected chi connectivity index (χ1v) is 9.50. The molecule has 0 aliphatic heterocycles. The molecule has 9 heteroatoms. The van der Waals surface area contributed by atoms with Gasteiger partial charge in [0.25, 0.3) is 5.56 Å². The number of carbonyl (C=O) groups excluding carboxylic acids is 2. The van der Waals surface area contributed by atoms with E-state index in [1.807, 2.05) is 19.9 Å². The fraction of sp³-hybridized carbons (Fsp3) is 0.333. The highest BCUT2D eigenvalue weighted by molar-refractivity contribution is 6.02. The molecule has 2 rings (SSSR count). The lowest BCUT2D eigenvalue weighted by Gasteiger charge is -2.13. The number of ether oxygens (including phenoxy) is 2. The van der Waals surface area contributed by atoms with Crippen LogP contribution in [0.1, 0.15) is 36.2 Å². The van der Waals surface area contributed by atoms with Crippen molar-refractivity contribution in [3.05, 3.63) is 62.3 Å². The molecule has 1 aromatic carbocycles. The van der Waals surface area contributed by atoms with Crippen LogP contribution in [-0.4, -0.2) is 34.1 Å². The van der Waals surface area contributed by atoms with Crippen molar-refractivity contribution < 1.29 is 19.1 Å². The molecule has 0 aliphatic carbocycles. The maximum Gasteiger partial charge on any atom is 0.332 e. The molecule has 2 aromatic rings. The van der Waals surface area contributed by atoms with Crippen molar-refractivity contribution in [2.75, 3.05) is 18.9 Å². The molecule has 0 saturated heterocycles. The summed E-state index contributed by atoms with van der Waals surface area (Å²) in [5, 5.41) is 0. The van der Waals surface area contributed by atoms with E-state index in [0.717, 1.165) is 15.2 Å². The Morgan fingerprint density at radius 2 is 1.87 bits per heavy atom. The summed E-state index contributed by atoms with van der Waals surface area (Å²) in [6.07, 6.45) is 3.25. The van der Waals surface area contributed by atoms with Crippen LogP contribution in [0.25, 0.3) is 6.08 Å². The first-order chi connectivity index (χ1) is 14.3. The van der Waals surface area contributed by atoms with Crippen LogP contribution in [0.2, 0.25) is 0 Å². The minimum atomic E-state index is -0.827. The quantitative estimate of drug-likeness (QED) is 0.373. The van der Waals surface area contributed by atoms with Gasteiger partial charge in [-0.05, 0) is 25.5 Å². The molecule has 0 radical (unpaired) electrons. The summed E-state index contributed by atoms with van der Waals surface area (Å²) in [4.78, 5) is 49.0. The molecular formula is C21H25N3O6. The molecule has 1 aromatic heterocycles. The lowest BCUT2D eigenvalue weighted by molar-refractivity contribution is -0.136. The second-order valence-electron chi connectivity index (χ2n) is 6.39. The molecule has 0 amide bonds. The standard InChI is InChI=1S/C21H25N3O6/c1-4-12-24-19(22)18(20(27)23(3)21(24)28)15(25)13-30-17(26)11-10-14-8-6-7-9-16(14)29-5-2/h6-11H,4-5,12-13,22H2,1-3H3/b11-10+. The van der Waals surface area contributed by atoms with Gasteiger partial charge in [0.15, 0.2) is 6.61 Å². The Balaban J connectivity index is 2.16. The van der Waals surface area contributed by atoms with Crippen molar-refractivity contribution >= 4 is 23.6 Å². The number of hydrogen-bond acceptors (Lipinski definition) is 7. The summed E-state index contributed by atoms with van der Waals surface area (Å²) in [6, 6.07) is 7.13. The maximum absolute atomic E-state index is 12.5. The van der Waals surface area contributed by atoms with Crippen molar-refractivity contribution in [1.82, 2.24) is 9.13 Å². The minimum absolute atomic E-state index is 0.229. The number of aromatic nitrogens is 2. The Kier molecular flexibility index (Phi) is 7.74. The Morgan fingerprint density at radius 1 is 1.17 bits per heavy atom. The summed E-state index contributed by atoms with van der Waals surface area (Å²) < 4.78 is 12.4. The van der Waals surface area contributed by atoms with E-state index in [0.29, 0.717) is 24.3 Å². The van der Waals surface area contributed by atoms with E-state index in [1.54, 1.807) is 18.2 Å². The van der Waals surface area contributed by atoms with Crippen molar-refractivity contribution in [3.8, 4) is 5.75 Å². The fourth-order valence-corrected chi connectivity index (χ4v) is 2.80. The van der Waals surface area contributed by atoms with E-state index in [-0.39, 0.29) is 17.9 Å². The van der Waals surface area contributed by atoms with Crippen molar-refractivity contribution in [3.63, 3.8) is 0 Å². The summed E-state index contributed by atoms with van der Waals surface area (Å²) in [5.41, 5.74) is 4.76. The maximum atomic E-state index is 12.5. The van der Waals surface area contributed by atoms with Crippen LogP contribution in [0, 0.1) is 0 Å². The highest BCUT2D eigenvalue weighted by Gasteiger charge is 2.22. The zero-order valence-corrected chi connectivity index (χ0v) is 17.2. The van der Waals surface area contributed by atoms with Crippen LogP contribution in [0.3, 0.4) is 0 Å². The van der Waals surface area contributed by atoms with E-state index in [2.05, 4.69) is 0 Å².